The van der Waals surface area contributed by atoms with Crippen LogP contribution in [0.15, 0.2) is 12.4 Å². The van der Waals surface area contributed by atoms with E-state index in [9.17, 15) is 14.4 Å². The average molecular weight is 435 g/mol. The van der Waals surface area contributed by atoms with Crippen LogP contribution in [-0.4, -0.2) is 62.4 Å². The van der Waals surface area contributed by atoms with Gasteiger partial charge in [-0.25, -0.2) is 14.4 Å². The molecule has 0 bridgehead atoms. The molecular weight excluding hydrogens is 406 g/mol. The van der Waals surface area contributed by atoms with E-state index in [0.717, 1.165) is 0 Å². The molecule has 0 aliphatic carbocycles. The van der Waals surface area contributed by atoms with Crippen LogP contribution in [0.2, 0.25) is 0 Å². The van der Waals surface area contributed by atoms with Crippen molar-refractivity contribution in [1.82, 2.24) is 24.9 Å². The van der Waals surface area contributed by atoms with Gasteiger partial charge in [-0.1, -0.05) is 0 Å². The van der Waals surface area contributed by atoms with Gasteiger partial charge in [0, 0.05) is 25.5 Å². The molecule has 1 amide bonds. The Hall–Kier alpha value is -3.37. The Kier molecular flexibility index (Phi) is 7.42. The van der Waals surface area contributed by atoms with Crippen molar-refractivity contribution >= 4 is 18.0 Å². The van der Waals surface area contributed by atoms with Crippen molar-refractivity contribution in [3.63, 3.8) is 0 Å². The van der Waals surface area contributed by atoms with Gasteiger partial charge in [0.1, 0.15) is 36.0 Å². The lowest BCUT2D eigenvalue weighted by Crippen LogP contribution is -2.44. The second-order valence-electron chi connectivity index (χ2n) is 8.07. The lowest BCUT2D eigenvalue weighted by atomic mass is 10.2. The van der Waals surface area contributed by atoms with E-state index in [2.05, 4.69) is 15.5 Å². The number of carbonyl (C=O) groups excluding carboxylic acids is 3. The first-order chi connectivity index (χ1) is 14.4. The van der Waals surface area contributed by atoms with Crippen LogP contribution in [-0.2, 0) is 28.3 Å². The fraction of sp³-hybridized carbons (Fsp3) is 0.550. The number of nitrogens with zero attached hydrogens (tertiary/aromatic N) is 4. The van der Waals surface area contributed by atoms with Crippen LogP contribution in [0, 0.1) is 13.8 Å². The van der Waals surface area contributed by atoms with E-state index < -0.39 is 29.7 Å². The summed E-state index contributed by atoms with van der Waals surface area (Å²) < 4.78 is 19.0. The van der Waals surface area contributed by atoms with Gasteiger partial charge in [-0.3, -0.25) is 9.36 Å². The number of nitrogens with one attached hydrogen (secondary N) is 1. The first kappa shape index (κ1) is 23.9. The highest BCUT2D eigenvalue weighted by Gasteiger charge is 2.24. The first-order valence-electron chi connectivity index (χ1n) is 9.70. The third-order valence-corrected chi connectivity index (χ3v) is 4.46. The standard InChI is InChI=1S/C20H29N5O6/c1-12-15(8-21-24(12)6)17(26)29-10-14(23-19(28)31-20(3,4)5)11-30-18(27)16-9-22-25(7)13(16)2/h8-9,14H,10-11H2,1-7H3,(H,23,28). The molecule has 11 nitrogen and oxygen atoms in total. The van der Waals surface area contributed by atoms with Gasteiger partial charge in [0.15, 0.2) is 0 Å². The largest absolute Gasteiger partial charge is 0.460 e. The fourth-order valence-electron chi connectivity index (χ4n) is 2.51. The van der Waals surface area contributed by atoms with Gasteiger partial charge in [-0.15, -0.1) is 0 Å². The van der Waals surface area contributed by atoms with Crippen LogP contribution in [0.5, 0.6) is 0 Å². The molecule has 0 radical (unpaired) electrons. The number of aryl methyl sites for hydroxylation is 2. The Morgan fingerprint density at radius 1 is 0.935 bits per heavy atom. The summed E-state index contributed by atoms with van der Waals surface area (Å²) in [4.78, 5) is 36.9. The predicted molar refractivity (Wildman–Crippen MR) is 110 cm³/mol. The summed E-state index contributed by atoms with van der Waals surface area (Å²) in [6, 6.07) is -0.822. The minimum absolute atomic E-state index is 0.230. The molecule has 0 spiro atoms. The minimum atomic E-state index is -0.822. The Balaban J connectivity index is 2.04. The van der Waals surface area contributed by atoms with Crippen molar-refractivity contribution in [2.75, 3.05) is 13.2 Å². The van der Waals surface area contributed by atoms with Crippen molar-refractivity contribution in [1.29, 1.82) is 0 Å². The number of esters is 2. The zero-order valence-electron chi connectivity index (χ0n) is 18.9. The molecule has 0 saturated heterocycles. The molecule has 2 rings (SSSR count). The molecule has 0 unspecified atom stereocenters. The van der Waals surface area contributed by atoms with Crippen LogP contribution in [0.25, 0.3) is 0 Å². The maximum atomic E-state index is 12.4. The Morgan fingerprint density at radius 3 is 1.68 bits per heavy atom. The molecule has 0 atom stereocenters. The lowest BCUT2D eigenvalue weighted by Gasteiger charge is -2.23. The molecule has 1 N–H and O–H groups in total. The number of amides is 1. The van der Waals surface area contributed by atoms with Crippen molar-refractivity contribution in [3.8, 4) is 0 Å². The number of hydrogen-bond donors (Lipinski definition) is 1. The zero-order valence-corrected chi connectivity index (χ0v) is 18.9. The van der Waals surface area contributed by atoms with Crippen LogP contribution >= 0.6 is 0 Å². The highest BCUT2D eigenvalue weighted by atomic mass is 16.6. The van der Waals surface area contributed by atoms with E-state index in [1.165, 1.54) is 12.4 Å². The number of carbonyl (C=O) groups is 3. The number of rotatable bonds is 7. The van der Waals surface area contributed by atoms with Gasteiger partial charge in [0.2, 0.25) is 0 Å². The molecule has 0 aliphatic rings. The molecule has 2 aromatic rings. The Bertz CT molecular complexity index is 894. The summed E-state index contributed by atoms with van der Waals surface area (Å²) in [5.41, 5.74) is 1.17. The van der Waals surface area contributed by atoms with Gasteiger partial charge in [0.25, 0.3) is 0 Å². The van der Waals surface area contributed by atoms with Gasteiger partial charge < -0.3 is 19.5 Å². The molecule has 0 saturated carbocycles. The minimum Gasteiger partial charge on any atom is -0.460 e. The summed E-state index contributed by atoms with van der Waals surface area (Å²) in [6.07, 6.45) is 2.08. The third-order valence-electron chi connectivity index (χ3n) is 4.46. The van der Waals surface area contributed by atoms with Crippen LogP contribution in [0.1, 0.15) is 52.9 Å². The van der Waals surface area contributed by atoms with Crippen LogP contribution in [0.3, 0.4) is 0 Å². The van der Waals surface area contributed by atoms with Gasteiger partial charge >= 0.3 is 18.0 Å². The summed E-state index contributed by atoms with van der Waals surface area (Å²) >= 11 is 0. The lowest BCUT2D eigenvalue weighted by molar-refractivity contribution is 0.0229. The van der Waals surface area contributed by atoms with Crippen molar-refractivity contribution < 1.29 is 28.6 Å². The molecule has 0 fully saturated rings. The molecular formula is C20H29N5O6. The monoisotopic (exact) mass is 435 g/mol. The summed E-state index contributed by atoms with van der Waals surface area (Å²) in [6.45, 7) is 8.17. The number of hydrogen-bond acceptors (Lipinski definition) is 8. The Labute approximate surface area is 180 Å². The molecule has 11 heteroatoms. The maximum absolute atomic E-state index is 12.4. The summed E-state index contributed by atoms with van der Waals surface area (Å²) in [5.74, 6) is -1.20. The molecule has 31 heavy (non-hydrogen) atoms. The summed E-state index contributed by atoms with van der Waals surface area (Å²) in [7, 11) is 3.41. The van der Waals surface area contributed by atoms with E-state index >= 15 is 0 Å². The van der Waals surface area contributed by atoms with Crippen molar-refractivity contribution in [2.45, 2.75) is 46.3 Å². The number of alkyl carbamates (subject to hydrolysis) is 1. The van der Waals surface area contributed by atoms with E-state index in [1.54, 1.807) is 58.1 Å². The van der Waals surface area contributed by atoms with Gasteiger partial charge in [-0.05, 0) is 34.6 Å². The number of aromatic nitrogens is 4. The van der Waals surface area contributed by atoms with E-state index in [0.29, 0.717) is 22.5 Å². The topological polar surface area (TPSA) is 127 Å². The summed E-state index contributed by atoms with van der Waals surface area (Å²) in [5, 5.41) is 10.6. The molecule has 0 aliphatic heterocycles. The normalized spacial score (nSPS) is 11.4. The second kappa shape index (κ2) is 9.63. The quantitative estimate of drug-likeness (QED) is 0.514. The van der Waals surface area contributed by atoms with Gasteiger partial charge in [-0.2, -0.15) is 10.2 Å². The van der Waals surface area contributed by atoms with E-state index in [-0.39, 0.29) is 13.2 Å². The smallest absolute Gasteiger partial charge is 0.408 e. The SMILES string of the molecule is Cc1c(C(=O)OCC(COC(=O)c2cnn(C)c2C)NC(=O)OC(C)(C)C)cnn1C. The molecule has 170 valence electrons. The van der Waals surface area contributed by atoms with Crippen LogP contribution < -0.4 is 5.32 Å². The van der Waals surface area contributed by atoms with Crippen molar-refractivity contribution in [2.24, 2.45) is 14.1 Å². The third kappa shape index (κ3) is 6.56. The highest BCUT2D eigenvalue weighted by Crippen LogP contribution is 2.11. The molecule has 0 aromatic carbocycles. The highest BCUT2D eigenvalue weighted by molar-refractivity contribution is 5.91. The average Bonchev–Trinajstić information content (AvgIpc) is 3.17. The van der Waals surface area contributed by atoms with E-state index in [4.69, 9.17) is 14.2 Å². The van der Waals surface area contributed by atoms with Gasteiger partial charge in [0.05, 0.1) is 12.4 Å². The fourth-order valence-corrected chi connectivity index (χ4v) is 2.51. The van der Waals surface area contributed by atoms with Crippen LogP contribution in [0.4, 0.5) is 4.79 Å². The maximum Gasteiger partial charge on any atom is 0.408 e. The molecule has 2 aromatic heterocycles. The molecule has 2 heterocycles. The van der Waals surface area contributed by atoms with E-state index in [1.807, 2.05) is 0 Å². The zero-order chi connectivity index (χ0) is 23.3. The number of ether oxygens (including phenoxy) is 3. The Morgan fingerprint density at radius 2 is 1.35 bits per heavy atom. The second-order valence-corrected chi connectivity index (χ2v) is 8.07. The first-order valence-corrected chi connectivity index (χ1v) is 9.70. The van der Waals surface area contributed by atoms with Crippen molar-refractivity contribution in [3.05, 3.63) is 34.9 Å². The predicted octanol–water partition coefficient (Wildman–Crippen LogP) is 1.68.